The molecule has 0 bridgehead atoms. The summed E-state index contributed by atoms with van der Waals surface area (Å²) in [5.41, 5.74) is 9.44. The standard InChI is InChI=1S/C13H16N4/c14-12-2-1-11-8-17(6-3-10(11)7-12)9-13-15-4-5-16-13/h1-2,4-5,7H,3,6,8-9,14H2,(H,15,16). The molecular formula is C13H16N4. The van der Waals surface area contributed by atoms with Crippen LogP contribution in [0.3, 0.4) is 0 Å². The molecule has 2 heterocycles. The summed E-state index contributed by atoms with van der Waals surface area (Å²) in [6, 6.07) is 6.22. The zero-order valence-electron chi connectivity index (χ0n) is 9.69. The second-order valence-corrected chi connectivity index (χ2v) is 4.52. The van der Waals surface area contributed by atoms with Crippen molar-refractivity contribution in [3.8, 4) is 0 Å². The smallest absolute Gasteiger partial charge is 0.120 e. The van der Waals surface area contributed by atoms with Crippen LogP contribution in [0.15, 0.2) is 30.6 Å². The lowest BCUT2D eigenvalue weighted by atomic mass is 9.99. The number of aromatic nitrogens is 2. The Balaban J connectivity index is 1.74. The van der Waals surface area contributed by atoms with Crippen LogP contribution in [0.4, 0.5) is 5.69 Å². The van der Waals surface area contributed by atoms with Gasteiger partial charge in [-0.05, 0) is 29.7 Å². The van der Waals surface area contributed by atoms with Crippen molar-refractivity contribution in [3.05, 3.63) is 47.5 Å². The van der Waals surface area contributed by atoms with Crippen LogP contribution >= 0.6 is 0 Å². The number of H-pyrrole nitrogens is 1. The van der Waals surface area contributed by atoms with Gasteiger partial charge in [-0.1, -0.05) is 6.07 Å². The number of anilines is 1. The van der Waals surface area contributed by atoms with Crippen molar-refractivity contribution in [1.29, 1.82) is 0 Å². The Bertz CT molecular complexity index is 504. The second-order valence-electron chi connectivity index (χ2n) is 4.52. The molecule has 2 aromatic rings. The summed E-state index contributed by atoms with van der Waals surface area (Å²) in [7, 11) is 0. The maximum Gasteiger partial charge on any atom is 0.120 e. The van der Waals surface area contributed by atoms with E-state index in [9.17, 15) is 0 Å². The number of rotatable bonds is 2. The molecule has 3 N–H and O–H groups in total. The van der Waals surface area contributed by atoms with E-state index in [4.69, 9.17) is 5.73 Å². The predicted molar refractivity (Wildman–Crippen MR) is 67.3 cm³/mol. The summed E-state index contributed by atoms with van der Waals surface area (Å²) in [6.07, 6.45) is 4.74. The van der Waals surface area contributed by atoms with Gasteiger partial charge in [-0.3, -0.25) is 4.90 Å². The lowest BCUT2D eigenvalue weighted by Crippen LogP contribution is -2.30. The molecule has 0 saturated heterocycles. The molecule has 0 amide bonds. The normalized spacial score (nSPS) is 15.8. The Hall–Kier alpha value is -1.81. The second kappa shape index (κ2) is 4.22. The minimum absolute atomic E-state index is 0.864. The number of nitrogens with two attached hydrogens (primary N) is 1. The Morgan fingerprint density at radius 1 is 1.35 bits per heavy atom. The van der Waals surface area contributed by atoms with E-state index in [2.05, 4.69) is 27.0 Å². The van der Waals surface area contributed by atoms with Crippen LogP contribution in [-0.4, -0.2) is 21.4 Å². The fraction of sp³-hybridized carbons (Fsp3) is 0.308. The molecule has 17 heavy (non-hydrogen) atoms. The highest BCUT2D eigenvalue weighted by atomic mass is 15.1. The molecule has 4 nitrogen and oxygen atoms in total. The molecule has 1 aromatic carbocycles. The molecule has 0 unspecified atom stereocenters. The largest absolute Gasteiger partial charge is 0.399 e. The van der Waals surface area contributed by atoms with Gasteiger partial charge in [-0.25, -0.2) is 4.98 Å². The van der Waals surface area contributed by atoms with E-state index in [1.807, 2.05) is 12.3 Å². The van der Waals surface area contributed by atoms with Gasteiger partial charge in [0.25, 0.3) is 0 Å². The molecule has 0 aliphatic carbocycles. The third-order valence-electron chi connectivity index (χ3n) is 3.25. The molecule has 0 radical (unpaired) electrons. The zero-order valence-corrected chi connectivity index (χ0v) is 9.69. The average Bonchev–Trinajstić information content (AvgIpc) is 2.82. The molecule has 1 aromatic heterocycles. The minimum Gasteiger partial charge on any atom is -0.399 e. The highest BCUT2D eigenvalue weighted by Crippen LogP contribution is 2.21. The monoisotopic (exact) mass is 228 g/mol. The number of nitrogen functional groups attached to an aromatic ring is 1. The molecule has 1 aliphatic heterocycles. The first-order valence-corrected chi connectivity index (χ1v) is 5.89. The van der Waals surface area contributed by atoms with E-state index in [1.54, 1.807) is 6.20 Å². The van der Waals surface area contributed by atoms with Gasteiger partial charge in [0, 0.05) is 31.2 Å². The Labute approximate surface area is 100 Å². The summed E-state index contributed by atoms with van der Waals surface area (Å²) in [6.45, 7) is 2.93. The van der Waals surface area contributed by atoms with Gasteiger partial charge in [-0.2, -0.15) is 0 Å². The molecule has 0 saturated carbocycles. The van der Waals surface area contributed by atoms with Crippen molar-refractivity contribution in [1.82, 2.24) is 14.9 Å². The topological polar surface area (TPSA) is 57.9 Å². The van der Waals surface area contributed by atoms with Crippen molar-refractivity contribution in [2.75, 3.05) is 12.3 Å². The number of hydrogen-bond acceptors (Lipinski definition) is 3. The van der Waals surface area contributed by atoms with Gasteiger partial charge in [0.05, 0.1) is 6.54 Å². The molecule has 0 spiro atoms. The van der Waals surface area contributed by atoms with Gasteiger partial charge in [0.15, 0.2) is 0 Å². The van der Waals surface area contributed by atoms with Gasteiger partial charge in [0.2, 0.25) is 0 Å². The number of benzene rings is 1. The van der Waals surface area contributed by atoms with Crippen LogP contribution in [0.5, 0.6) is 0 Å². The number of fused-ring (bicyclic) bond motifs is 1. The number of nitrogens with one attached hydrogen (secondary N) is 1. The minimum atomic E-state index is 0.864. The van der Waals surface area contributed by atoms with Crippen molar-refractivity contribution < 1.29 is 0 Å². The number of hydrogen-bond donors (Lipinski definition) is 2. The zero-order chi connectivity index (χ0) is 11.7. The fourth-order valence-electron chi connectivity index (χ4n) is 2.36. The molecule has 88 valence electrons. The first-order chi connectivity index (χ1) is 8.31. The summed E-state index contributed by atoms with van der Waals surface area (Å²) < 4.78 is 0. The van der Waals surface area contributed by atoms with Gasteiger partial charge >= 0.3 is 0 Å². The molecular weight excluding hydrogens is 212 g/mol. The number of aromatic amines is 1. The molecule has 4 heteroatoms. The van der Waals surface area contributed by atoms with E-state index in [1.165, 1.54) is 11.1 Å². The maximum atomic E-state index is 5.80. The first-order valence-electron chi connectivity index (χ1n) is 5.89. The van der Waals surface area contributed by atoms with Crippen LogP contribution in [0, 0.1) is 0 Å². The van der Waals surface area contributed by atoms with Crippen LogP contribution < -0.4 is 5.73 Å². The highest BCUT2D eigenvalue weighted by molar-refractivity contribution is 5.45. The van der Waals surface area contributed by atoms with E-state index in [0.717, 1.165) is 37.6 Å². The SMILES string of the molecule is Nc1ccc2c(c1)CCN(Cc1ncc[nH]1)C2. The van der Waals surface area contributed by atoms with Crippen LogP contribution in [-0.2, 0) is 19.5 Å². The lowest BCUT2D eigenvalue weighted by Gasteiger charge is -2.28. The lowest BCUT2D eigenvalue weighted by molar-refractivity contribution is 0.240. The Morgan fingerprint density at radius 3 is 3.12 bits per heavy atom. The average molecular weight is 228 g/mol. The van der Waals surface area contributed by atoms with E-state index >= 15 is 0 Å². The van der Waals surface area contributed by atoms with Crippen molar-refractivity contribution >= 4 is 5.69 Å². The van der Waals surface area contributed by atoms with Gasteiger partial charge < -0.3 is 10.7 Å². The summed E-state index contributed by atoms with van der Waals surface area (Å²) >= 11 is 0. The van der Waals surface area contributed by atoms with Crippen LogP contribution in [0.1, 0.15) is 17.0 Å². The van der Waals surface area contributed by atoms with Gasteiger partial charge in [0.1, 0.15) is 5.82 Å². The van der Waals surface area contributed by atoms with E-state index in [-0.39, 0.29) is 0 Å². The number of imidazole rings is 1. The summed E-state index contributed by atoms with van der Waals surface area (Å²) in [4.78, 5) is 9.81. The Kier molecular flexibility index (Phi) is 2.57. The molecule has 3 rings (SSSR count). The molecule has 0 atom stereocenters. The van der Waals surface area contributed by atoms with E-state index in [0.29, 0.717) is 0 Å². The van der Waals surface area contributed by atoms with Crippen molar-refractivity contribution in [2.24, 2.45) is 0 Å². The van der Waals surface area contributed by atoms with Gasteiger partial charge in [-0.15, -0.1) is 0 Å². The third kappa shape index (κ3) is 2.17. The Morgan fingerprint density at radius 2 is 2.29 bits per heavy atom. The number of nitrogens with zero attached hydrogens (tertiary/aromatic N) is 2. The quantitative estimate of drug-likeness (QED) is 0.767. The summed E-state index contributed by atoms with van der Waals surface area (Å²) in [5, 5.41) is 0. The first kappa shape index (κ1) is 10.4. The maximum absolute atomic E-state index is 5.80. The highest BCUT2D eigenvalue weighted by Gasteiger charge is 2.16. The molecule has 0 fully saturated rings. The summed E-state index contributed by atoms with van der Waals surface area (Å²) in [5.74, 6) is 1.03. The van der Waals surface area contributed by atoms with Crippen molar-refractivity contribution in [3.63, 3.8) is 0 Å². The van der Waals surface area contributed by atoms with E-state index < -0.39 is 0 Å². The van der Waals surface area contributed by atoms with Crippen LogP contribution in [0.2, 0.25) is 0 Å². The van der Waals surface area contributed by atoms with Crippen molar-refractivity contribution in [2.45, 2.75) is 19.5 Å². The van der Waals surface area contributed by atoms with Crippen LogP contribution in [0.25, 0.3) is 0 Å². The fourth-order valence-corrected chi connectivity index (χ4v) is 2.36. The third-order valence-corrected chi connectivity index (χ3v) is 3.25. The predicted octanol–water partition coefficient (Wildman–Crippen LogP) is 1.55. The molecule has 1 aliphatic rings.